The highest BCUT2D eigenvalue weighted by Crippen LogP contribution is 2.32. The largest absolute Gasteiger partial charge is 0.480 e. The first-order valence-electron chi connectivity index (χ1n) is 7.50. The zero-order valence-electron chi connectivity index (χ0n) is 12.5. The maximum absolute atomic E-state index is 12.3. The van der Waals surface area contributed by atoms with Gasteiger partial charge >= 0.3 is 5.97 Å². The van der Waals surface area contributed by atoms with Crippen LogP contribution in [0.5, 0.6) is 0 Å². The Bertz CT molecular complexity index is 755. The molecule has 0 aromatic heterocycles. The summed E-state index contributed by atoms with van der Waals surface area (Å²) in [5.74, 6) is -1.42. The SMILES string of the molecule is O=C(NC1(C(=O)O)CCC1)c1cccc(N2CCCS2(=O)=O)c1. The van der Waals surface area contributed by atoms with E-state index < -0.39 is 27.4 Å². The van der Waals surface area contributed by atoms with Gasteiger partial charge in [-0.15, -0.1) is 0 Å². The molecule has 1 amide bonds. The van der Waals surface area contributed by atoms with Crippen molar-refractivity contribution in [3.63, 3.8) is 0 Å². The molecule has 1 aromatic carbocycles. The number of nitrogens with one attached hydrogen (secondary N) is 1. The quantitative estimate of drug-likeness (QED) is 0.851. The molecule has 124 valence electrons. The van der Waals surface area contributed by atoms with Crippen LogP contribution in [0.2, 0.25) is 0 Å². The average molecular weight is 338 g/mol. The molecule has 0 spiro atoms. The molecule has 1 heterocycles. The topological polar surface area (TPSA) is 104 Å². The van der Waals surface area contributed by atoms with Gasteiger partial charge in [-0.3, -0.25) is 9.10 Å². The summed E-state index contributed by atoms with van der Waals surface area (Å²) in [6.07, 6.45) is 2.14. The highest BCUT2D eigenvalue weighted by atomic mass is 32.2. The van der Waals surface area contributed by atoms with E-state index in [0.29, 0.717) is 31.5 Å². The molecule has 1 saturated carbocycles. The second kappa shape index (κ2) is 5.52. The fourth-order valence-electron chi connectivity index (χ4n) is 2.94. The number of hydrogen-bond donors (Lipinski definition) is 2. The molecule has 1 saturated heterocycles. The van der Waals surface area contributed by atoms with Gasteiger partial charge in [0.15, 0.2) is 0 Å². The van der Waals surface area contributed by atoms with Crippen LogP contribution in [0.15, 0.2) is 24.3 Å². The van der Waals surface area contributed by atoms with Gasteiger partial charge in [-0.25, -0.2) is 13.2 Å². The minimum Gasteiger partial charge on any atom is -0.480 e. The molecule has 1 aromatic rings. The first kappa shape index (κ1) is 15.8. The van der Waals surface area contributed by atoms with Crippen LogP contribution in [0.4, 0.5) is 5.69 Å². The number of nitrogens with zero attached hydrogens (tertiary/aromatic N) is 1. The fraction of sp³-hybridized carbons (Fsp3) is 0.467. The van der Waals surface area contributed by atoms with Crippen LogP contribution in [0, 0.1) is 0 Å². The van der Waals surface area contributed by atoms with Crippen LogP contribution >= 0.6 is 0 Å². The molecule has 1 aliphatic carbocycles. The third-order valence-corrected chi connectivity index (χ3v) is 6.33. The van der Waals surface area contributed by atoms with Gasteiger partial charge in [0.25, 0.3) is 5.91 Å². The van der Waals surface area contributed by atoms with Crippen molar-refractivity contribution in [2.75, 3.05) is 16.6 Å². The van der Waals surface area contributed by atoms with Gasteiger partial charge in [0.2, 0.25) is 10.0 Å². The van der Waals surface area contributed by atoms with Gasteiger partial charge < -0.3 is 10.4 Å². The van der Waals surface area contributed by atoms with Crippen molar-refractivity contribution < 1.29 is 23.1 Å². The summed E-state index contributed by atoms with van der Waals surface area (Å²) in [5.41, 5.74) is -0.488. The summed E-state index contributed by atoms with van der Waals surface area (Å²) in [6, 6.07) is 6.28. The van der Waals surface area contributed by atoms with Crippen molar-refractivity contribution in [1.82, 2.24) is 5.32 Å². The highest BCUT2D eigenvalue weighted by molar-refractivity contribution is 7.93. The zero-order valence-corrected chi connectivity index (χ0v) is 13.3. The zero-order chi connectivity index (χ0) is 16.7. The molecule has 23 heavy (non-hydrogen) atoms. The predicted molar refractivity (Wildman–Crippen MR) is 83.9 cm³/mol. The minimum absolute atomic E-state index is 0.103. The number of rotatable bonds is 4. The Morgan fingerprint density at radius 3 is 2.48 bits per heavy atom. The Hall–Kier alpha value is -2.09. The van der Waals surface area contributed by atoms with E-state index in [-0.39, 0.29) is 11.3 Å². The number of benzene rings is 1. The molecule has 0 unspecified atom stereocenters. The molecule has 1 aliphatic heterocycles. The van der Waals surface area contributed by atoms with Crippen molar-refractivity contribution in [2.24, 2.45) is 0 Å². The van der Waals surface area contributed by atoms with E-state index in [2.05, 4.69) is 5.32 Å². The molecule has 2 N–H and O–H groups in total. The number of sulfonamides is 1. The number of carbonyl (C=O) groups is 2. The van der Waals surface area contributed by atoms with Crippen LogP contribution in [-0.4, -0.2) is 43.2 Å². The van der Waals surface area contributed by atoms with Crippen LogP contribution < -0.4 is 9.62 Å². The van der Waals surface area contributed by atoms with E-state index in [1.165, 1.54) is 10.4 Å². The standard InChI is InChI=1S/C15H18N2O5S/c18-13(16-15(14(19)20)6-2-7-15)11-4-1-5-12(10-11)17-8-3-9-23(17,21)22/h1,4-5,10H,2-3,6-9H2,(H,16,18)(H,19,20). The van der Waals surface area contributed by atoms with Crippen molar-refractivity contribution >= 4 is 27.6 Å². The molecule has 0 radical (unpaired) electrons. The van der Waals surface area contributed by atoms with Gasteiger partial charge in [-0.1, -0.05) is 6.07 Å². The van der Waals surface area contributed by atoms with Gasteiger partial charge in [0.1, 0.15) is 5.54 Å². The molecular formula is C15H18N2O5S. The molecule has 7 nitrogen and oxygen atoms in total. The van der Waals surface area contributed by atoms with Crippen molar-refractivity contribution in [2.45, 2.75) is 31.2 Å². The smallest absolute Gasteiger partial charge is 0.329 e. The van der Waals surface area contributed by atoms with E-state index in [0.717, 1.165) is 6.42 Å². The summed E-state index contributed by atoms with van der Waals surface area (Å²) in [4.78, 5) is 23.7. The van der Waals surface area contributed by atoms with Crippen LogP contribution in [0.1, 0.15) is 36.0 Å². The lowest BCUT2D eigenvalue weighted by atomic mass is 9.76. The molecular weight excluding hydrogens is 320 g/mol. The third kappa shape index (κ3) is 2.78. The monoisotopic (exact) mass is 338 g/mol. The predicted octanol–water partition coefficient (Wildman–Crippen LogP) is 0.964. The Labute approximate surface area is 134 Å². The second-order valence-electron chi connectivity index (χ2n) is 5.99. The Balaban J connectivity index is 1.82. The Kier molecular flexibility index (Phi) is 3.79. The van der Waals surface area contributed by atoms with Gasteiger partial charge in [-0.2, -0.15) is 0 Å². The van der Waals surface area contributed by atoms with Gasteiger partial charge in [-0.05, 0) is 43.9 Å². The van der Waals surface area contributed by atoms with E-state index in [9.17, 15) is 23.1 Å². The summed E-state index contributed by atoms with van der Waals surface area (Å²) in [6.45, 7) is 0.395. The molecule has 8 heteroatoms. The number of carboxylic acid groups (broad SMARTS) is 1. The third-order valence-electron chi connectivity index (χ3n) is 4.46. The lowest BCUT2D eigenvalue weighted by Gasteiger charge is -2.38. The number of carbonyl (C=O) groups excluding carboxylic acids is 1. The molecule has 3 rings (SSSR count). The average Bonchev–Trinajstić information content (AvgIpc) is 2.81. The Morgan fingerprint density at radius 2 is 1.96 bits per heavy atom. The lowest BCUT2D eigenvalue weighted by molar-refractivity contribution is -0.148. The maximum Gasteiger partial charge on any atom is 0.329 e. The summed E-state index contributed by atoms with van der Waals surface area (Å²) in [5, 5.41) is 11.9. The number of carboxylic acids is 1. The molecule has 2 aliphatic rings. The van der Waals surface area contributed by atoms with Crippen LogP contribution in [0.25, 0.3) is 0 Å². The number of amides is 1. The van der Waals surface area contributed by atoms with Gasteiger partial charge in [0.05, 0.1) is 11.4 Å². The van der Waals surface area contributed by atoms with Crippen LogP contribution in [0.3, 0.4) is 0 Å². The van der Waals surface area contributed by atoms with E-state index in [4.69, 9.17) is 0 Å². The summed E-state index contributed by atoms with van der Waals surface area (Å²) >= 11 is 0. The summed E-state index contributed by atoms with van der Waals surface area (Å²) < 4.78 is 25.2. The Morgan fingerprint density at radius 1 is 1.22 bits per heavy atom. The second-order valence-corrected chi connectivity index (χ2v) is 8.00. The van der Waals surface area contributed by atoms with E-state index in [1.54, 1.807) is 18.2 Å². The highest BCUT2D eigenvalue weighted by Gasteiger charge is 2.45. The van der Waals surface area contributed by atoms with E-state index in [1.807, 2.05) is 0 Å². The number of hydrogen-bond acceptors (Lipinski definition) is 4. The first-order chi connectivity index (χ1) is 10.8. The van der Waals surface area contributed by atoms with Gasteiger partial charge in [0, 0.05) is 12.1 Å². The molecule has 2 fully saturated rings. The minimum atomic E-state index is -3.32. The maximum atomic E-state index is 12.3. The first-order valence-corrected chi connectivity index (χ1v) is 9.11. The number of anilines is 1. The normalized spacial score (nSPS) is 21.5. The van der Waals surface area contributed by atoms with Crippen LogP contribution in [-0.2, 0) is 14.8 Å². The van der Waals surface area contributed by atoms with Crippen molar-refractivity contribution in [3.8, 4) is 0 Å². The number of aliphatic carboxylic acids is 1. The summed E-state index contributed by atoms with van der Waals surface area (Å²) in [7, 11) is -3.32. The fourth-order valence-corrected chi connectivity index (χ4v) is 4.50. The van der Waals surface area contributed by atoms with Crippen molar-refractivity contribution in [1.29, 1.82) is 0 Å². The lowest BCUT2D eigenvalue weighted by Crippen LogP contribution is -2.59. The van der Waals surface area contributed by atoms with E-state index >= 15 is 0 Å². The molecule has 0 bridgehead atoms. The van der Waals surface area contributed by atoms with Crippen molar-refractivity contribution in [3.05, 3.63) is 29.8 Å². The molecule has 0 atom stereocenters.